The maximum atomic E-state index is 13.7. The SMILES string of the molecule is Cc1cc(C(=O)N2CCCCC2CN)c(F)cc1F.Cl. The van der Waals surface area contributed by atoms with Crippen LogP contribution in [0.25, 0.3) is 0 Å². The van der Waals surface area contributed by atoms with Crippen molar-refractivity contribution in [3.8, 4) is 0 Å². The van der Waals surface area contributed by atoms with Gasteiger partial charge in [-0.2, -0.15) is 0 Å². The number of nitrogens with two attached hydrogens (primary N) is 1. The lowest BCUT2D eigenvalue weighted by Crippen LogP contribution is -2.47. The molecule has 6 heteroatoms. The summed E-state index contributed by atoms with van der Waals surface area (Å²) in [6.45, 7) is 2.46. The highest BCUT2D eigenvalue weighted by molar-refractivity contribution is 5.95. The van der Waals surface area contributed by atoms with E-state index in [9.17, 15) is 13.6 Å². The van der Waals surface area contributed by atoms with E-state index in [4.69, 9.17) is 5.73 Å². The van der Waals surface area contributed by atoms with Crippen molar-refractivity contribution >= 4 is 18.3 Å². The van der Waals surface area contributed by atoms with Crippen LogP contribution < -0.4 is 5.73 Å². The van der Waals surface area contributed by atoms with Crippen LogP contribution in [0.4, 0.5) is 8.78 Å². The minimum Gasteiger partial charge on any atom is -0.334 e. The first kappa shape index (κ1) is 16.9. The fourth-order valence-electron chi connectivity index (χ4n) is 2.49. The summed E-state index contributed by atoms with van der Waals surface area (Å²) in [5.41, 5.74) is 5.85. The number of carbonyl (C=O) groups excluding carboxylic acids is 1. The number of rotatable bonds is 2. The van der Waals surface area contributed by atoms with Crippen molar-refractivity contribution < 1.29 is 13.6 Å². The number of carbonyl (C=O) groups is 1. The molecule has 3 nitrogen and oxygen atoms in total. The van der Waals surface area contributed by atoms with Crippen LogP contribution in [0.1, 0.15) is 35.2 Å². The molecule has 2 rings (SSSR count). The molecule has 1 aliphatic heterocycles. The van der Waals surface area contributed by atoms with E-state index in [1.54, 1.807) is 4.90 Å². The molecule has 1 aromatic carbocycles. The van der Waals surface area contributed by atoms with Gasteiger partial charge < -0.3 is 10.6 Å². The number of amides is 1. The van der Waals surface area contributed by atoms with Crippen molar-refractivity contribution in [1.29, 1.82) is 0 Å². The van der Waals surface area contributed by atoms with Crippen LogP contribution in [0, 0.1) is 18.6 Å². The van der Waals surface area contributed by atoms with Crippen molar-refractivity contribution in [1.82, 2.24) is 4.90 Å². The third kappa shape index (κ3) is 3.27. The van der Waals surface area contributed by atoms with Crippen molar-refractivity contribution in [3.63, 3.8) is 0 Å². The number of halogens is 3. The van der Waals surface area contributed by atoms with Crippen molar-refractivity contribution in [2.45, 2.75) is 32.2 Å². The summed E-state index contributed by atoms with van der Waals surface area (Å²) in [6, 6.07) is 1.99. The molecule has 112 valence electrons. The van der Waals surface area contributed by atoms with Crippen LogP contribution in [0.3, 0.4) is 0 Å². The first-order chi connectivity index (χ1) is 9.04. The lowest BCUT2D eigenvalue weighted by Gasteiger charge is -2.35. The molecule has 1 atom stereocenters. The van der Waals surface area contributed by atoms with E-state index in [-0.39, 0.29) is 29.6 Å². The summed E-state index contributed by atoms with van der Waals surface area (Å²) in [4.78, 5) is 14.0. The van der Waals surface area contributed by atoms with Crippen LogP contribution in [-0.2, 0) is 0 Å². The van der Waals surface area contributed by atoms with E-state index in [0.717, 1.165) is 25.3 Å². The molecule has 1 aromatic rings. The normalized spacial score (nSPS) is 18.6. The molecule has 1 saturated heterocycles. The smallest absolute Gasteiger partial charge is 0.257 e. The predicted octanol–water partition coefficient (Wildman–Crippen LogP) is 2.65. The highest BCUT2D eigenvalue weighted by Gasteiger charge is 2.28. The summed E-state index contributed by atoms with van der Waals surface area (Å²) in [5.74, 6) is -1.84. The van der Waals surface area contributed by atoms with E-state index >= 15 is 0 Å². The first-order valence-electron chi connectivity index (χ1n) is 6.51. The molecule has 0 radical (unpaired) electrons. The van der Waals surface area contributed by atoms with Crippen molar-refractivity contribution in [2.75, 3.05) is 13.1 Å². The Kier molecular flexibility index (Phi) is 5.89. The van der Waals surface area contributed by atoms with E-state index in [2.05, 4.69) is 0 Å². The Morgan fingerprint density at radius 1 is 1.35 bits per heavy atom. The summed E-state index contributed by atoms with van der Waals surface area (Å²) in [7, 11) is 0. The minimum absolute atomic E-state index is 0. The molecule has 1 heterocycles. The Morgan fingerprint density at radius 2 is 2.05 bits per heavy atom. The number of hydrogen-bond acceptors (Lipinski definition) is 2. The summed E-state index contributed by atoms with van der Waals surface area (Å²) < 4.78 is 27.0. The second-order valence-corrected chi connectivity index (χ2v) is 4.97. The van der Waals surface area contributed by atoms with Gasteiger partial charge in [-0.15, -0.1) is 12.4 Å². The van der Waals surface area contributed by atoms with E-state index in [0.29, 0.717) is 13.1 Å². The third-order valence-corrected chi connectivity index (χ3v) is 3.64. The maximum Gasteiger partial charge on any atom is 0.257 e. The molecule has 0 aromatic heterocycles. The van der Waals surface area contributed by atoms with E-state index < -0.39 is 17.5 Å². The molecule has 1 amide bonds. The Labute approximate surface area is 123 Å². The van der Waals surface area contributed by atoms with Crippen LogP contribution >= 0.6 is 12.4 Å². The number of piperidine rings is 1. The Balaban J connectivity index is 0.00000200. The van der Waals surface area contributed by atoms with Gasteiger partial charge in [-0.05, 0) is 37.8 Å². The second-order valence-electron chi connectivity index (χ2n) is 4.97. The molecule has 0 saturated carbocycles. The van der Waals surface area contributed by atoms with Gasteiger partial charge in [0.25, 0.3) is 5.91 Å². The molecular weight excluding hydrogens is 286 g/mol. The van der Waals surface area contributed by atoms with Gasteiger partial charge in [-0.3, -0.25) is 4.79 Å². The van der Waals surface area contributed by atoms with Crippen molar-refractivity contribution in [2.24, 2.45) is 5.73 Å². The van der Waals surface area contributed by atoms with Gasteiger partial charge in [0.2, 0.25) is 0 Å². The summed E-state index contributed by atoms with van der Waals surface area (Å²) in [5, 5.41) is 0. The van der Waals surface area contributed by atoms with E-state index in [1.807, 2.05) is 0 Å². The zero-order valence-corrected chi connectivity index (χ0v) is 12.2. The number of benzene rings is 1. The van der Waals surface area contributed by atoms with Crippen LogP contribution in [0.15, 0.2) is 12.1 Å². The second kappa shape index (κ2) is 6.99. The Morgan fingerprint density at radius 3 is 2.70 bits per heavy atom. The lowest BCUT2D eigenvalue weighted by molar-refractivity contribution is 0.0618. The topological polar surface area (TPSA) is 46.3 Å². The zero-order chi connectivity index (χ0) is 14.0. The number of hydrogen-bond donors (Lipinski definition) is 1. The molecule has 0 aliphatic carbocycles. The fraction of sp³-hybridized carbons (Fsp3) is 0.500. The average molecular weight is 305 g/mol. The number of likely N-dealkylation sites (tertiary alicyclic amines) is 1. The minimum atomic E-state index is -0.811. The predicted molar refractivity (Wildman–Crippen MR) is 76.1 cm³/mol. The Bertz CT molecular complexity index is 496. The molecule has 2 N–H and O–H groups in total. The first-order valence-corrected chi connectivity index (χ1v) is 6.51. The van der Waals surface area contributed by atoms with Gasteiger partial charge in [-0.1, -0.05) is 0 Å². The summed E-state index contributed by atoms with van der Waals surface area (Å²) in [6.07, 6.45) is 2.75. The van der Waals surface area contributed by atoms with Crippen molar-refractivity contribution in [3.05, 3.63) is 34.9 Å². The molecular formula is C14H19ClF2N2O. The molecule has 20 heavy (non-hydrogen) atoms. The highest BCUT2D eigenvalue weighted by atomic mass is 35.5. The maximum absolute atomic E-state index is 13.7. The largest absolute Gasteiger partial charge is 0.334 e. The average Bonchev–Trinajstić information content (AvgIpc) is 2.42. The van der Waals surface area contributed by atoms with Gasteiger partial charge in [0.1, 0.15) is 11.6 Å². The van der Waals surface area contributed by atoms with Gasteiger partial charge >= 0.3 is 0 Å². The monoisotopic (exact) mass is 304 g/mol. The summed E-state index contributed by atoms with van der Waals surface area (Å²) >= 11 is 0. The molecule has 0 spiro atoms. The van der Waals surface area contributed by atoms with Gasteiger partial charge in [-0.25, -0.2) is 8.78 Å². The highest BCUT2D eigenvalue weighted by Crippen LogP contribution is 2.22. The number of aryl methyl sites for hydroxylation is 1. The quantitative estimate of drug-likeness (QED) is 0.913. The molecule has 1 unspecified atom stereocenters. The van der Waals surface area contributed by atoms with Gasteiger partial charge in [0, 0.05) is 25.2 Å². The van der Waals surface area contributed by atoms with Crippen LogP contribution in [0.5, 0.6) is 0 Å². The molecule has 1 fully saturated rings. The van der Waals surface area contributed by atoms with Gasteiger partial charge in [0.05, 0.1) is 5.56 Å². The molecule has 1 aliphatic rings. The lowest BCUT2D eigenvalue weighted by atomic mass is 10.00. The van der Waals surface area contributed by atoms with Crippen LogP contribution in [-0.4, -0.2) is 29.9 Å². The standard InChI is InChI=1S/C14H18F2N2O.ClH/c1-9-6-11(13(16)7-12(9)15)14(19)18-5-3-2-4-10(18)8-17;/h6-7,10H,2-5,8,17H2,1H3;1H. The van der Waals surface area contributed by atoms with Crippen LogP contribution in [0.2, 0.25) is 0 Å². The third-order valence-electron chi connectivity index (χ3n) is 3.64. The van der Waals surface area contributed by atoms with Gasteiger partial charge in [0.15, 0.2) is 0 Å². The number of nitrogens with zero attached hydrogens (tertiary/aromatic N) is 1. The molecule has 0 bridgehead atoms. The van der Waals surface area contributed by atoms with E-state index in [1.165, 1.54) is 13.0 Å². The Hall–Kier alpha value is -1.20. The fourth-order valence-corrected chi connectivity index (χ4v) is 2.49. The zero-order valence-electron chi connectivity index (χ0n) is 11.4.